The van der Waals surface area contributed by atoms with Crippen molar-refractivity contribution in [2.24, 2.45) is 0 Å². The molecule has 0 aliphatic carbocycles. The number of thiazole rings is 1. The zero-order valence-corrected chi connectivity index (χ0v) is 19.4. The molecular formula is C20H21ClFN5O2S2. The van der Waals surface area contributed by atoms with E-state index in [1.165, 1.54) is 28.0 Å². The highest BCUT2D eigenvalue weighted by Gasteiger charge is 2.18. The van der Waals surface area contributed by atoms with Crippen molar-refractivity contribution in [1.29, 1.82) is 0 Å². The molecule has 0 saturated carbocycles. The summed E-state index contributed by atoms with van der Waals surface area (Å²) in [7, 11) is 0. The molecule has 2 aromatic heterocycles. The van der Waals surface area contributed by atoms with E-state index in [1.807, 2.05) is 13.8 Å². The molecule has 1 N–H and O–H groups in total. The Morgan fingerprint density at radius 3 is 2.77 bits per heavy atom. The van der Waals surface area contributed by atoms with Gasteiger partial charge in [0.1, 0.15) is 10.5 Å². The second-order valence-electron chi connectivity index (χ2n) is 6.38. The van der Waals surface area contributed by atoms with Crippen molar-refractivity contribution in [3.8, 4) is 0 Å². The van der Waals surface area contributed by atoms with E-state index in [0.717, 1.165) is 36.0 Å². The Morgan fingerprint density at radius 2 is 2.13 bits per heavy atom. The first-order valence-corrected chi connectivity index (χ1v) is 11.7. The first-order valence-electron chi connectivity index (χ1n) is 9.52. The summed E-state index contributed by atoms with van der Waals surface area (Å²) in [6.07, 6.45) is 1.60. The lowest BCUT2D eigenvalue weighted by atomic mass is 10.3. The number of aromatic nitrogens is 3. The highest BCUT2D eigenvalue weighted by molar-refractivity contribution is 7.99. The van der Waals surface area contributed by atoms with Gasteiger partial charge in [-0.25, -0.2) is 9.37 Å². The van der Waals surface area contributed by atoms with Crippen LogP contribution in [0.2, 0.25) is 5.02 Å². The molecular weight excluding hydrogens is 461 g/mol. The van der Waals surface area contributed by atoms with E-state index in [9.17, 15) is 14.0 Å². The fraction of sp³-hybridized carbons (Fsp3) is 0.300. The highest BCUT2D eigenvalue weighted by atomic mass is 35.5. The smallest absolute Gasteiger partial charge is 0.274 e. The number of nitrogens with zero attached hydrogens (tertiary/aromatic N) is 4. The fourth-order valence-corrected chi connectivity index (χ4v) is 4.91. The number of hydrogen-bond acceptors (Lipinski definition) is 7. The van der Waals surface area contributed by atoms with Crippen LogP contribution in [0.25, 0.3) is 10.3 Å². The maximum Gasteiger partial charge on any atom is 0.274 e. The van der Waals surface area contributed by atoms with E-state index in [-0.39, 0.29) is 28.8 Å². The van der Waals surface area contributed by atoms with Crippen LogP contribution in [-0.2, 0) is 11.3 Å². The summed E-state index contributed by atoms with van der Waals surface area (Å²) in [4.78, 5) is 36.5. The predicted octanol–water partition coefficient (Wildman–Crippen LogP) is 4.41. The van der Waals surface area contributed by atoms with Crippen LogP contribution in [0.5, 0.6) is 0 Å². The number of hydrogen-bond donors (Lipinski definition) is 1. The lowest BCUT2D eigenvalue weighted by Gasteiger charge is -2.15. The zero-order valence-electron chi connectivity index (χ0n) is 17.0. The minimum Gasteiger partial charge on any atom is -0.349 e. The number of halogens is 2. The number of fused-ring (bicyclic) bond motifs is 1. The summed E-state index contributed by atoms with van der Waals surface area (Å²) < 4.78 is 15.1. The van der Waals surface area contributed by atoms with Gasteiger partial charge in [0.25, 0.3) is 5.56 Å². The van der Waals surface area contributed by atoms with Crippen LogP contribution in [0.15, 0.2) is 40.8 Å². The van der Waals surface area contributed by atoms with Gasteiger partial charge in [-0.2, -0.15) is 4.98 Å². The third-order valence-electron chi connectivity index (χ3n) is 4.35. The molecule has 2 heterocycles. The molecule has 0 aliphatic heterocycles. The molecule has 0 fully saturated rings. The van der Waals surface area contributed by atoms with Crippen LogP contribution in [0.3, 0.4) is 0 Å². The summed E-state index contributed by atoms with van der Waals surface area (Å²) in [6.45, 7) is 9.54. The Bertz CT molecular complexity index is 1180. The maximum atomic E-state index is 13.2. The number of thioether (sulfide) groups is 1. The normalized spacial score (nSPS) is 11.0. The Balaban J connectivity index is 1.86. The third-order valence-corrected chi connectivity index (χ3v) is 6.74. The summed E-state index contributed by atoms with van der Waals surface area (Å²) in [5.41, 5.74) is 0.455. The van der Waals surface area contributed by atoms with Crippen LogP contribution in [0, 0.1) is 5.82 Å². The van der Waals surface area contributed by atoms with Crippen LogP contribution in [0.1, 0.15) is 13.8 Å². The van der Waals surface area contributed by atoms with Crippen LogP contribution in [0.4, 0.5) is 15.2 Å². The molecule has 11 heteroatoms. The van der Waals surface area contributed by atoms with Gasteiger partial charge in [-0.3, -0.25) is 14.2 Å². The van der Waals surface area contributed by atoms with E-state index in [4.69, 9.17) is 11.6 Å². The zero-order chi connectivity index (χ0) is 22.5. The van der Waals surface area contributed by atoms with Crippen molar-refractivity contribution in [2.45, 2.75) is 25.5 Å². The molecule has 0 bridgehead atoms. The molecule has 0 atom stereocenters. The molecule has 0 saturated heterocycles. The molecule has 164 valence electrons. The van der Waals surface area contributed by atoms with Gasteiger partial charge in [0, 0.05) is 19.6 Å². The minimum atomic E-state index is -0.490. The van der Waals surface area contributed by atoms with Crippen molar-refractivity contribution >= 4 is 61.8 Å². The van der Waals surface area contributed by atoms with E-state index in [2.05, 4.69) is 26.8 Å². The number of amides is 1. The van der Waals surface area contributed by atoms with E-state index in [1.54, 1.807) is 6.08 Å². The predicted molar refractivity (Wildman–Crippen MR) is 126 cm³/mol. The van der Waals surface area contributed by atoms with E-state index < -0.39 is 5.82 Å². The maximum absolute atomic E-state index is 13.2. The molecule has 0 unspecified atom stereocenters. The number of carbonyl (C=O) groups is 1. The molecule has 1 amide bonds. The second-order valence-corrected chi connectivity index (χ2v) is 8.71. The topological polar surface area (TPSA) is 80.1 Å². The molecule has 0 radical (unpaired) electrons. The van der Waals surface area contributed by atoms with Gasteiger partial charge in [-0.1, -0.05) is 40.8 Å². The average Bonchev–Trinajstić information content (AvgIpc) is 3.16. The number of rotatable bonds is 9. The van der Waals surface area contributed by atoms with Crippen molar-refractivity contribution < 1.29 is 9.18 Å². The Kier molecular flexibility index (Phi) is 7.69. The SMILES string of the molecule is C=CCn1c(SCC(=O)Nc2ccc(F)cc2Cl)nc2nc(N(CC)CC)sc2c1=O. The standard InChI is InChI=1S/C20H21ClFN5O2S2/c1-4-9-27-18(29)16-17(24-19(31-16)26(5-2)6-3)25-20(27)30-11-15(28)23-14-8-7-12(22)10-13(14)21/h4,7-8,10H,1,5-6,9,11H2,2-3H3,(H,23,28). The monoisotopic (exact) mass is 481 g/mol. The van der Waals surface area contributed by atoms with Crippen molar-refractivity contribution in [3.05, 3.63) is 52.0 Å². The molecule has 3 aromatic rings. The number of benzene rings is 1. The van der Waals surface area contributed by atoms with Crippen LogP contribution < -0.4 is 15.8 Å². The number of carbonyl (C=O) groups excluding carboxylic acids is 1. The Labute approximate surface area is 191 Å². The van der Waals surface area contributed by atoms with Crippen LogP contribution in [-0.4, -0.2) is 39.3 Å². The molecule has 31 heavy (non-hydrogen) atoms. The summed E-state index contributed by atoms with van der Waals surface area (Å²) in [6, 6.07) is 3.72. The van der Waals surface area contributed by atoms with E-state index >= 15 is 0 Å². The van der Waals surface area contributed by atoms with E-state index in [0.29, 0.717) is 21.2 Å². The highest BCUT2D eigenvalue weighted by Crippen LogP contribution is 2.28. The molecule has 7 nitrogen and oxygen atoms in total. The molecule has 0 aliphatic rings. The summed E-state index contributed by atoms with van der Waals surface area (Å²) >= 11 is 8.37. The third kappa shape index (κ3) is 5.25. The molecule has 1 aromatic carbocycles. The summed E-state index contributed by atoms with van der Waals surface area (Å²) in [5, 5.41) is 3.84. The van der Waals surface area contributed by atoms with Crippen molar-refractivity contribution in [1.82, 2.24) is 14.5 Å². The summed E-state index contributed by atoms with van der Waals surface area (Å²) in [5.74, 6) is -0.869. The van der Waals surface area contributed by atoms with Crippen molar-refractivity contribution in [2.75, 3.05) is 29.1 Å². The quantitative estimate of drug-likeness (QED) is 0.277. The average molecular weight is 482 g/mol. The van der Waals surface area contributed by atoms with Gasteiger partial charge in [0.05, 0.1) is 16.5 Å². The van der Waals surface area contributed by atoms with Gasteiger partial charge >= 0.3 is 0 Å². The largest absolute Gasteiger partial charge is 0.349 e. The molecule has 0 spiro atoms. The van der Waals surface area contributed by atoms with Gasteiger partial charge in [-0.05, 0) is 32.0 Å². The first-order chi connectivity index (χ1) is 14.9. The van der Waals surface area contributed by atoms with Gasteiger partial charge in [0.2, 0.25) is 5.91 Å². The van der Waals surface area contributed by atoms with Crippen molar-refractivity contribution in [3.63, 3.8) is 0 Å². The first kappa shape index (κ1) is 23.2. The van der Waals surface area contributed by atoms with Crippen LogP contribution >= 0.6 is 34.7 Å². The number of allylic oxidation sites excluding steroid dienone is 1. The minimum absolute atomic E-state index is 0.0180. The Hall–Kier alpha value is -2.43. The number of anilines is 2. The fourth-order valence-electron chi connectivity index (χ4n) is 2.81. The molecule has 3 rings (SSSR count). The number of nitrogens with one attached hydrogen (secondary N) is 1. The van der Waals surface area contributed by atoms with Gasteiger partial charge in [-0.15, -0.1) is 6.58 Å². The Morgan fingerprint density at radius 1 is 1.39 bits per heavy atom. The van der Waals surface area contributed by atoms with Gasteiger partial charge < -0.3 is 10.2 Å². The van der Waals surface area contributed by atoms with Gasteiger partial charge in [0.15, 0.2) is 15.9 Å². The second kappa shape index (κ2) is 10.3. The lowest BCUT2D eigenvalue weighted by molar-refractivity contribution is -0.113. The lowest BCUT2D eigenvalue weighted by Crippen LogP contribution is -2.23.